The summed E-state index contributed by atoms with van der Waals surface area (Å²) in [5.41, 5.74) is 2.41. The van der Waals surface area contributed by atoms with Crippen molar-refractivity contribution in [2.45, 2.75) is 38.1 Å². The number of carbonyl (C=O) groups is 1. The zero-order valence-corrected chi connectivity index (χ0v) is 17.8. The van der Waals surface area contributed by atoms with E-state index in [1.807, 2.05) is 34.9 Å². The van der Waals surface area contributed by atoms with Crippen molar-refractivity contribution in [1.82, 2.24) is 20.1 Å². The number of hydrogen-bond donors (Lipinski definition) is 1. The summed E-state index contributed by atoms with van der Waals surface area (Å²) in [5.74, 6) is 1.75. The van der Waals surface area contributed by atoms with Crippen molar-refractivity contribution in [3.05, 3.63) is 71.5 Å². The molecule has 0 bridgehead atoms. The van der Waals surface area contributed by atoms with Gasteiger partial charge in [-0.15, -0.1) is 10.2 Å². The summed E-state index contributed by atoms with van der Waals surface area (Å²) < 4.78 is 8.01. The highest BCUT2D eigenvalue weighted by molar-refractivity contribution is 7.99. The van der Waals surface area contributed by atoms with E-state index in [0.717, 1.165) is 23.6 Å². The Morgan fingerprint density at radius 3 is 2.52 bits per heavy atom. The average molecular weight is 411 g/mol. The van der Waals surface area contributed by atoms with Gasteiger partial charge in [-0.05, 0) is 36.6 Å². The minimum absolute atomic E-state index is 0.0134. The monoisotopic (exact) mass is 410 g/mol. The minimum Gasteiger partial charge on any atom is -0.486 e. The topological polar surface area (TPSA) is 69.0 Å². The third kappa shape index (κ3) is 5.38. The van der Waals surface area contributed by atoms with E-state index in [0.29, 0.717) is 11.8 Å². The first-order valence-corrected chi connectivity index (χ1v) is 10.6. The number of nitrogens with one attached hydrogen (secondary N) is 1. The first-order valence-electron chi connectivity index (χ1n) is 9.66. The van der Waals surface area contributed by atoms with E-state index in [4.69, 9.17) is 4.74 Å². The summed E-state index contributed by atoms with van der Waals surface area (Å²) >= 11 is 1.37. The molecule has 1 amide bonds. The molecule has 6 nitrogen and oxygen atoms in total. The fourth-order valence-corrected chi connectivity index (χ4v) is 3.85. The zero-order valence-electron chi connectivity index (χ0n) is 17.0. The fourth-order valence-electron chi connectivity index (χ4n) is 2.95. The highest BCUT2D eigenvalue weighted by Gasteiger charge is 2.20. The Bertz CT molecular complexity index is 926. The number of aryl methyl sites for hydroxylation is 1. The molecule has 0 aliphatic carbocycles. The SMILES string of the molecule is CCc1ccc(OCc2nnc(SCC(=O)NC)n2[C@@H](C)c2ccccc2)cc1. The van der Waals surface area contributed by atoms with Gasteiger partial charge in [0, 0.05) is 7.05 Å². The van der Waals surface area contributed by atoms with Crippen LogP contribution in [0.5, 0.6) is 5.75 Å². The molecule has 1 heterocycles. The quantitative estimate of drug-likeness (QED) is 0.543. The van der Waals surface area contributed by atoms with E-state index < -0.39 is 0 Å². The average Bonchev–Trinajstić information content (AvgIpc) is 3.19. The Kier molecular flexibility index (Phi) is 7.30. The first-order chi connectivity index (χ1) is 14.1. The van der Waals surface area contributed by atoms with E-state index in [1.54, 1.807) is 7.05 Å². The van der Waals surface area contributed by atoms with Gasteiger partial charge in [0.15, 0.2) is 11.0 Å². The number of nitrogens with zero attached hydrogens (tertiary/aromatic N) is 3. The number of carbonyl (C=O) groups excluding carboxylic acids is 1. The number of benzene rings is 2. The highest BCUT2D eigenvalue weighted by Crippen LogP contribution is 2.27. The van der Waals surface area contributed by atoms with Crippen LogP contribution >= 0.6 is 11.8 Å². The molecule has 0 aliphatic rings. The van der Waals surface area contributed by atoms with Crippen LogP contribution in [-0.2, 0) is 17.8 Å². The lowest BCUT2D eigenvalue weighted by atomic mass is 10.1. The van der Waals surface area contributed by atoms with Crippen LogP contribution < -0.4 is 10.1 Å². The smallest absolute Gasteiger partial charge is 0.230 e. The number of amides is 1. The molecular weight excluding hydrogens is 384 g/mol. The number of hydrogen-bond acceptors (Lipinski definition) is 5. The normalized spacial score (nSPS) is 11.8. The van der Waals surface area contributed by atoms with Crippen LogP contribution in [0.1, 0.15) is 36.8 Å². The van der Waals surface area contributed by atoms with E-state index >= 15 is 0 Å². The summed E-state index contributed by atoms with van der Waals surface area (Å²) in [4.78, 5) is 11.7. The molecule has 3 rings (SSSR count). The zero-order chi connectivity index (χ0) is 20.6. The van der Waals surface area contributed by atoms with Crippen molar-refractivity contribution < 1.29 is 9.53 Å². The fraction of sp³-hybridized carbons (Fsp3) is 0.318. The van der Waals surface area contributed by atoms with Crippen molar-refractivity contribution in [1.29, 1.82) is 0 Å². The Hall–Kier alpha value is -2.80. The largest absolute Gasteiger partial charge is 0.486 e. The predicted octanol–water partition coefficient (Wildman–Crippen LogP) is 3.87. The third-order valence-corrected chi connectivity index (χ3v) is 5.66. The van der Waals surface area contributed by atoms with Gasteiger partial charge in [-0.1, -0.05) is 61.2 Å². The van der Waals surface area contributed by atoms with E-state index in [1.165, 1.54) is 17.3 Å². The van der Waals surface area contributed by atoms with Crippen LogP contribution in [0.2, 0.25) is 0 Å². The summed E-state index contributed by atoms with van der Waals surface area (Å²) in [6.45, 7) is 4.53. The lowest BCUT2D eigenvalue weighted by Crippen LogP contribution is -2.20. The van der Waals surface area contributed by atoms with Gasteiger partial charge < -0.3 is 10.1 Å². The minimum atomic E-state index is -0.0503. The number of rotatable bonds is 9. The molecule has 0 aliphatic heterocycles. The summed E-state index contributed by atoms with van der Waals surface area (Å²) in [5, 5.41) is 12.0. The summed E-state index contributed by atoms with van der Waals surface area (Å²) in [6.07, 6.45) is 0.995. The molecule has 0 unspecified atom stereocenters. The summed E-state index contributed by atoms with van der Waals surface area (Å²) in [7, 11) is 1.63. The van der Waals surface area contributed by atoms with E-state index in [9.17, 15) is 4.79 Å². The van der Waals surface area contributed by atoms with Crippen LogP contribution in [0.3, 0.4) is 0 Å². The van der Waals surface area contributed by atoms with Crippen LogP contribution in [-0.4, -0.2) is 33.5 Å². The van der Waals surface area contributed by atoms with Gasteiger partial charge in [-0.25, -0.2) is 0 Å². The lowest BCUT2D eigenvalue weighted by Gasteiger charge is -2.18. The second-order valence-electron chi connectivity index (χ2n) is 6.60. The molecule has 2 aromatic carbocycles. The van der Waals surface area contributed by atoms with Gasteiger partial charge in [0.05, 0.1) is 11.8 Å². The van der Waals surface area contributed by atoms with Gasteiger partial charge >= 0.3 is 0 Å². The third-order valence-electron chi connectivity index (χ3n) is 4.72. The molecule has 0 fully saturated rings. The number of ether oxygens (including phenoxy) is 1. The molecule has 0 spiro atoms. The van der Waals surface area contributed by atoms with E-state index in [2.05, 4.69) is 53.6 Å². The van der Waals surface area contributed by atoms with Gasteiger partial charge in [0.25, 0.3) is 0 Å². The van der Waals surface area contributed by atoms with Crippen molar-refractivity contribution in [2.75, 3.05) is 12.8 Å². The van der Waals surface area contributed by atoms with Crippen molar-refractivity contribution >= 4 is 17.7 Å². The van der Waals surface area contributed by atoms with Gasteiger partial charge in [0.2, 0.25) is 5.91 Å². The molecule has 152 valence electrons. The maximum atomic E-state index is 11.7. The molecular formula is C22H26N4O2S. The Morgan fingerprint density at radius 1 is 1.14 bits per heavy atom. The molecule has 0 saturated heterocycles. The molecule has 0 radical (unpaired) electrons. The number of aromatic nitrogens is 3. The molecule has 0 saturated carbocycles. The lowest BCUT2D eigenvalue weighted by molar-refractivity contribution is -0.118. The van der Waals surface area contributed by atoms with Crippen molar-refractivity contribution in [3.8, 4) is 5.75 Å². The molecule has 29 heavy (non-hydrogen) atoms. The molecule has 1 atom stereocenters. The van der Waals surface area contributed by atoms with Crippen molar-refractivity contribution in [2.24, 2.45) is 0 Å². The Balaban J connectivity index is 1.82. The maximum absolute atomic E-state index is 11.7. The molecule has 3 aromatic rings. The second-order valence-corrected chi connectivity index (χ2v) is 7.55. The van der Waals surface area contributed by atoms with Gasteiger partial charge in [0.1, 0.15) is 12.4 Å². The maximum Gasteiger partial charge on any atom is 0.230 e. The van der Waals surface area contributed by atoms with Gasteiger partial charge in [-0.2, -0.15) is 0 Å². The second kappa shape index (κ2) is 10.1. The highest BCUT2D eigenvalue weighted by atomic mass is 32.2. The molecule has 1 aromatic heterocycles. The van der Waals surface area contributed by atoms with Crippen molar-refractivity contribution in [3.63, 3.8) is 0 Å². The molecule has 7 heteroatoms. The first kappa shape index (κ1) is 20.9. The van der Waals surface area contributed by atoms with Crippen LogP contribution in [0, 0.1) is 0 Å². The predicted molar refractivity (Wildman–Crippen MR) is 115 cm³/mol. The van der Waals surface area contributed by atoms with E-state index in [-0.39, 0.29) is 17.7 Å². The van der Waals surface area contributed by atoms with Crippen LogP contribution in [0.15, 0.2) is 59.8 Å². The Morgan fingerprint density at radius 2 is 1.86 bits per heavy atom. The van der Waals surface area contributed by atoms with Crippen LogP contribution in [0.4, 0.5) is 0 Å². The number of thioether (sulfide) groups is 1. The molecule has 1 N–H and O–H groups in total. The summed E-state index contributed by atoms with van der Waals surface area (Å²) in [6, 6.07) is 18.3. The standard InChI is InChI=1S/C22H26N4O2S/c1-4-17-10-12-19(13-11-17)28-14-20-24-25-22(29-15-21(27)23-3)26(20)16(2)18-8-6-5-7-9-18/h5-13,16H,4,14-15H2,1-3H3,(H,23,27)/t16-/m0/s1. The van der Waals surface area contributed by atoms with Gasteiger partial charge in [-0.3, -0.25) is 9.36 Å². The van der Waals surface area contributed by atoms with Crippen LogP contribution in [0.25, 0.3) is 0 Å². The Labute approximate surface area is 175 Å².